The predicted molar refractivity (Wildman–Crippen MR) is 64.0 cm³/mol. The summed E-state index contributed by atoms with van der Waals surface area (Å²) < 4.78 is 6.43. The first-order valence-electron chi connectivity index (χ1n) is 4.83. The first kappa shape index (κ1) is 11.2. The number of halogens is 1. The van der Waals surface area contributed by atoms with E-state index in [9.17, 15) is 4.79 Å². The Hall–Kier alpha value is -1.29. The molecule has 1 aromatic carbocycles. The van der Waals surface area contributed by atoms with Crippen LogP contribution in [0.5, 0.6) is 5.75 Å². The molecule has 1 unspecified atom stereocenters. The molecule has 1 aromatic rings. The summed E-state index contributed by atoms with van der Waals surface area (Å²) in [7, 11) is 0. The molecule has 0 amide bonds. The summed E-state index contributed by atoms with van der Waals surface area (Å²) in [5.41, 5.74) is 0.721. The molecule has 4 heteroatoms. The van der Waals surface area contributed by atoms with Crippen LogP contribution in [0.4, 0.5) is 0 Å². The molecule has 1 heterocycles. The van der Waals surface area contributed by atoms with E-state index in [2.05, 4.69) is 22.5 Å². The highest BCUT2D eigenvalue weighted by atomic mass is 79.9. The normalized spacial score (nSPS) is 22.4. The van der Waals surface area contributed by atoms with E-state index >= 15 is 0 Å². The van der Waals surface area contributed by atoms with Gasteiger partial charge in [-0.15, -0.1) is 0 Å². The number of carboxylic acids is 1. The maximum atomic E-state index is 10.9. The van der Waals surface area contributed by atoms with Gasteiger partial charge in [-0.1, -0.05) is 6.58 Å². The van der Waals surface area contributed by atoms with Gasteiger partial charge >= 0.3 is 5.97 Å². The van der Waals surface area contributed by atoms with E-state index in [4.69, 9.17) is 9.84 Å². The highest BCUT2D eigenvalue weighted by Gasteiger charge is 2.34. The SMILES string of the molecule is C=CC1(C)Cc2cc(C(=O)O)cc(Br)c2O1. The van der Waals surface area contributed by atoms with Crippen molar-refractivity contribution >= 4 is 21.9 Å². The van der Waals surface area contributed by atoms with Crippen LogP contribution >= 0.6 is 15.9 Å². The van der Waals surface area contributed by atoms with E-state index < -0.39 is 11.6 Å². The average molecular weight is 283 g/mol. The number of benzene rings is 1. The lowest BCUT2D eigenvalue weighted by Gasteiger charge is -2.18. The van der Waals surface area contributed by atoms with E-state index in [0.29, 0.717) is 16.6 Å². The molecule has 84 valence electrons. The largest absolute Gasteiger partial charge is 0.482 e. The lowest BCUT2D eigenvalue weighted by atomic mass is 9.98. The number of fused-ring (bicyclic) bond motifs is 1. The molecular formula is C12H11BrO3. The fourth-order valence-electron chi connectivity index (χ4n) is 1.78. The lowest BCUT2D eigenvalue weighted by molar-refractivity contribution is 0.0696. The Morgan fingerprint density at radius 1 is 1.69 bits per heavy atom. The van der Waals surface area contributed by atoms with Crippen LogP contribution in [0, 0.1) is 0 Å². The van der Waals surface area contributed by atoms with Gasteiger partial charge in [-0.2, -0.15) is 0 Å². The van der Waals surface area contributed by atoms with E-state index in [1.165, 1.54) is 0 Å². The maximum Gasteiger partial charge on any atom is 0.335 e. The van der Waals surface area contributed by atoms with Gasteiger partial charge < -0.3 is 9.84 Å². The summed E-state index contributed by atoms with van der Waals surface area (Å²) in [5.74, 6) is -0.219. The van der Waals surface area contributed by atoms with Crippen molar-refractivity contribution in [3.8, 4) is 5.75 Å². The molecule has 3 nitrogen and oxygen atoms in total. The van der Waals surface area contributed by atoms with Crippen LogP contribution in [-0.2, 0) is 6.42 Å². The van der Waals surface area contributed by atoms with E-state index in [1.54, 1.807) is 18.2 Å². The quantitative estimate of drug-likeness (QED) is 0.849. The van der Waals surface area contributed by atoms with E-state index in [1.807, 2.05) is 6.92 Å². The third kappa shape index (κ3) is 1.73. The van der Waals surface area contributed by atoms with Crippen molar-refractivity contribution < 1.29 is 14.6 Å². The van der Waals surface area contributed by atoms with Crippen LogP contribution in [0.2, 0.25) is 0 Å². The molecule has 0 spiro atoms. The minimum atomic E-state index is -0.935. The molecule has 1 aliphatic heterocycles. The predicted octanol–water partition coefficient (Wildman–Crippen LogP) is 3.03. The fraction of sp³-hybridized carbons (Fsp3) is 0.250. The Morgan fingerprint density at radius 2 is 2.38 bits per heavy atom. The Kier molecular flexibility index (Phi) is 2.54. The average Bonchev–Trinajstić information content (AvgIpc) is 2.56. The monoisotopic (exact) mass is 282 g/mol. The van der Waals surface area contributed by atoms with Crippen molar-refractivity contribution in [3.05, 3.63) is 40.4 Å². The summed E-state index contributed by atoms with van der Waals surface area (Å²) in [6.45, 7) is 5.65. The van der Waals surface area contributed by atoms with E-state index in [0.717, 1.165) is 5.56 Å². The van der Waals surface area contributed by atoms with Crippen molar-refractivity contribution in [2.45, 2.75) is 18.9 Å². The molecule has 0 radical (unpaired) electrons. The number of carbonyl (C=O) groups is 1. The van der Waals surface area contributed by atoms with Crippen molar-refractivity contribution in [1.29, 1.82) is 0 Å². The van der Waals surface area contributed by atoms with Crippen molar-refractivity contribution in [2.75, 3.05) is 0 Å². The van der Waals surface area contributed by atoms with Gasteiger partial charge in [0, 0.05) is 12.0 Å². The van der Waals surface area contributed by atoms with Crippen LogP contribution in [0.1, 0.15) is 22.8 Å². The van der Waals surface area contributed by atoms with Crippen LogP contribution in [0.15, 0.2) is 29.3 Å². The summed E-state index contributed by atoms with van der Waals surface area (Å²) in [4.78, 5) is 10.9. The molecular weight excluding hydrogens is 272 g/mol. The number of aromatic carboxylic acids is 1. The zero-order valence-electron chi connectivity index (χ0n) is 8.79. The Bertz CT molecular complexity index is 481. The molecule has 0 fully saturated rings. The van der Waals surface area contributed by atoms with Gasteiger partial charge in [0.15, 0.2) is 0 Å². The molecule has 0 aromatic heterocycles. The maximum absolute atomic E-state index is 10.9. The minimum Gasteiger partial charge on any atom is -0.482 e. The van der Waals surface area contributed by atoms with Gasteiger partial charge in [-0.25, -0.2) is 4.79 Å². The zero-order chi connectivity index (χ0) is 11.9. The van der Waals surface area contributed by atoms with Gasteiger partial charge in [0.2, 0.25) is 0 Å². The number of rotatable bonds is 2. The van der Waals surface area contributed by atoms with Crippen molar-refractivity contribution in [2.24, 2.45) is 0 Å². The molecule has 0 aliphatic carbocycles. The first-order chi connectivity index (χ1) is 7.45. The molecule has 0 saturated carbocycles. The van der Waals surface area contributed by atoms with Crippen LogP contribution in [0.3, 0.4) is 0 Å². The summed E-state index contributed by atoms with van der Waals surface area (Å²) in [6.07, 6.45) is 2.38. The number of hydrogen-bond acceptors (Lipinski definition) is 2. The summed E-state index contributed by atoms with van der Waals surface area (Å²) in [5, 5.41) is 8.95. The number of hydrogen-bond donors (Lipinski definition) is 1. The molecule has 0 saturated heterocycles. The highest BCUT2D eigenvalue weighted by molar-refractivity contribution is 9.10. The van der Waals surface area contributed by atoms with Crippen LogP contribution in [0.25, 0.3) is 0 Å². The van der Waals surface area contributed by atoms with E-state index in [-0.39, 0.29) is 5.56 Å². The topological polar surface area (TPSA) is 46.5 Å². The van der Waals surface area contributed by atoms with Crippen molar-refractivity contribution in [1.82, 2.24) is 0 Å². The van der Waals surface area contributed by atoms with Gasteiger partial charge in [-0.05, 0) is 41.1 Å². The smallest absolute Gasteiger partial charge is 0.335 e. The second-order valence-electron chi connectivity index (χ2n) is 4.05. The Morgan fingerprint density at radius 3 is 2.94 bits per heavy atom. The zero-order valence-corrected chi connectivity index (χ0v) is 10.4. The fourth-order valence-corrected chi connectivity index (χ4v) is 2.36. The molecule has 0 bridgehead atoms. The molecule has 1 atom stereocenters. The van der Waals surface area contributed by atoms with Crippen LogP contribution in [-0.4, -0.2) is 16.7 Å². The van der Waals surface area contributed by atoms with Crippen LogP contribution < -0.4 is 4.74 Å². The standard InChI is InChI=1S/C12H11BrO3/c1-3-12(2)6-8-4-7(11(14)15)5-9(13)10(8)16-12/h3-5H,1,6H2,2H3,(H,14,15). The Balaban J connectivity index is 2.50. The van der Waals surface area contributed by atoms with Gasteiger partial charge in [0.25, 0.3) is 0 Å². The van der Waals surface area contributed by atoms with Crippen molar-refractivity contribution in [3.63, 3.8) is 0 Å². The third-order valence-corrected chi connectivity index (χ3v) is 3.26. The van der Waals surface area contributed by atoms with Gasteiger partial charge in [0.1, 0.15) is 11.4 Å². The summed E-state index contributed by atoms with van der Waals surface area (Å²) in [6, 6.07) is 3.20. The third-order valence-electron chi connectivity index (χ3n) is 2.68. The Labute approximate surface area is 102 Å². The second-order valence-corrected chi connectivity index (χ2v) is 4.90. The first-order valence-corrected chi connectivity index (χ1v) is 5.63. The molecule has 16 heavy (non-hydrogen) atoms. The number of ether oxygens (including phenoxy) is 1. The van der Waals surface area contributed by atoms with Gasteiger partial charge in [-0.3, -0.25) is 0 Å². The highest BCUT2D eigenvalue weighted by Crippen LogP contribution is 2.41. The number of carboxylic acid groups (broad SMARTS) is 1. The molecule has 1 N–H and O–H groups in total. The summed E-state index contributed by atoms with van der Waals surface area (Å²) >= 11 is 3.32. The molecule has 1 aliphatic rings. The molecule has 2 rings (SSSR count). The minimum absolute atomic E-state index is 0.266. The van der Waals surface area contributed by atoms with Gasteiger partial charge in [0.05, 0.1) is 10.0 Å². The lowest BCUT2D eigenvalue weighted by Crippen LogP contribution is -2.26. The second kappa shape index (κ2) is 3.63.